The van der Waals surface area contributed by atoms with Crippen LogP contribution in [0.4, 0.5) is 0 Å². The first-order valence-corrected chi connectivity index (χ1v) is 10.5. The van der Waals surface area contributed by atoms with E-state index in [-0.39, 0.29) is 24.6 Å². The molecule has 1 heterocycles. The number of hydrogen-bond acceptors (Lipinski definition) is 5. The first-order valence-electron chi connectivity index (χ1n) is 8.63. The third-order valence-electron chi connectivity index (χ3n) is 4.61. The van der Waals surface area contributed by atoms with Crippen molar-refractivity contribution >= 4 is 28.2 Å². The van der Waals surface area contributed by atoms with Crippen molar-refractivity contribution in [2.24, 2.45) is 0 Å². The number of piperidine rings is 1. The van der Waals surface area contributed by atoms with Gasteiger partial charge in [0.05, 0.1) is 12.1 Å². The number of benzene rings is 1. The fourth-order valence-electron chi connectivity index (χ4n) is 3.14. The van der Waals surface area contributed by atoms with Gasteiger partial charge >= 0.3 is 0 Å². The molecule has 1 aromatic carbocycles. The Morgan fingerprint density at radius 2 is 1.85 bits per heavy atom. The molecule has 148 valence electrons. The number of carbonyl (C=O) groups excluding carboxylic acids is 1. The summed E-state index contributed by atoms with van der Waals surface area (Å²) in [5.41, 5.74) is 0.879. The average molecular weight is 405 g/mol. The van der Waals surface area contributed by atoms with Crippen molar-refractivity contribution in [3.8, 4) is 5.75 Å². The van der Waals surface area contributed by atoms with E-state index in [2.05, 4.69) is 10.6 Å². The summed E-state index contributed by atoms with van der Waals surface area (Å²) in [6.07, 6.45) is 1.80. The van der Waals surface area contributed by atoms with Gasteiger partial charge in [-0.05, 0) is 64.4 Å². The van der Waals surface area contributed by atoms with Crippen molar-refractivity contribution in [2.75, 3.05) is 19.3 Å². The van der Waals surface area contributed by atoms with Crippen LogP contribution in [-0.4, -0.2) is 44.5 Å². The van der Waals surface area contributed by atoms with Gasteiger partial charge in [0, 0.05) is 6.26 Å². The largest absolute Gasteiger partial charge is 0.491 e. The topological polar surface area (TPSA) is 84.5 Å². The van der Waals surface area contributed by atoms with E-state index in [9.17, 15) is 13.2 Å². The number of carbonyl (C=O) groups is 1. The van der Waals surface area contributed by atoms with Crippen LogP contribution in [0.15, 0.2) is 24.3 Å². The molecule has 0 spiro atoms. The van der Waals surface area contributed by atoms with E-state index in [1.54, 1.807) is 0 Å². The molecule has 2 N–H and O–H groups in total. The van der Waals surface area contributed by atoms with Crippen molar-refractivity contribution in [1.82, 2.24) is 10.6 Å². The second kappa shape index (κ2) is 9.06. The van der Waals surface area contributed by atoms with Gasteiger partial charge in [-0.2, -0.15) is 0 Å². The fraction of sp³-hybridized carbons (Fsp3) is 0.611. The van der Waals surface area contributed by atoms with Gasteiger partial charge in [-0.1, -0.05) is 12.1 Å². The van der Waals surface area contributed by atoms with E-state index in [1.165, 1.54) is 0 Å². The molecule has 0 bridgehead atoms. The Morgan fingerprint density at radius 1 is 1.23 bits per heavy atom. The van der Waals surface area contributed by atoms with Crippen molar-refractivity contribution in [3.63, 3.8) is 0 Å². The molecule has 1 aliphatic heterocycles. The normalized spacial score (nSPS) is 17.9. The zero-order chi connectivity index (χ0) is 18.7. The Labute approximate surface area is 162 Å². The summed E-state index contributed by atoms with van der Waals surface area (Å²) in [5.74, 6) is 0.312. The van der Waals surface area contributed by atoms with Crippen LogP contribution >= 0.6 is 12.4 Å². The summed E-state index contributed by atoms with van der Waals surface area (Å²) in [7, 11) is -3.52. The van der Waals surface area contributed by atoms with Gasteiger partial charge in [-0.3, -0.25) is 4.79 Å². The number of halogens is 1. The van der Waals surface area contributed by atoms with E-state index in [1.807, 2.05) is 45.0 Å². The van der Waals surface area contributed by atoms with Gasteiger partial charge in [0.25, 0.3) is 0 Å². The van der Waals surface area contributed by atoms with Crippen molar-refractivity contribution in [2.45, 2.75) is 50.5 Å². The zero-order valence-corrected chi connectivity index (χ0v) is 17.4. The van der Waals surface area contributed by atoms with E-state index < -0.39 is 20.5 Å². The van der Waals surface area contributed by atoms with E-state index >= 15 is 0 Å². The highest BCUT2D eigenvalue weighted by molar-refractivity contribution is 7.92. The minimum absolute atomic E-state index is 0. The lowest BCUT2D eigenvalue weighted by atomic mass is 9.95. The van der Waals surface area contributed by atoms with Gasteiger partial charge in [0.2, 0.25) is 5.91 Å². The lowest BCUT2D eigenvalue weighted by Crippen LogP contribution is -2.57. The maximum Gasteiger partial charge on any atom is 0.242 e. The van der Waals surface area contributed by atoms with Crippen molar-refractivity contribution < 1.29 is 17.9 Å². The fourth-order valence-corrected chi connectivity index (χ4v) is 4.48. The first kappa shape index (κ1) is 22.7. The van der Waals surface area contributed by atoms with Crippen LogP contribution in [0.25, 0.3) is 0 Å². The molecule has 8 heteroatoms. The molecule has 1 atom stereocenters. The average Bonchev–Trinajstić information content (AvgIpc) is 2.54. The highest BCUT2D eigenvalue weighted by Gasteiger charge is 2.48. The number of ether oxygens (including phenoxy) is 1. The Bertz CT molecular complexity index is 716. The molecular weight excluding hydrogens is 376 g/mol. The Morgan fingerprint density at radius 3 is 2.38 bits per heavy atom. The number of sulfone groups is 1. The number of amides is 1. The number of rotatable bonds is 6. The maximum absolute atomic E-state index is 12.9. The van der Waals surface area contributed by atoms with Crippen molar-refractivity contribution in [3.05, 3.63) is 29.8 Å². The van der Waals surface area contributed by atoms with Crippen LogP contribution in [0.5, 0.6) is 5.75 Å². The second-order valence-electron chi connectivity index (χ2n) is 6.95. The Kier molecular flexibility index (Phi) is 7.92. The summed E-state index contributed by atoms with van der Waals surface area (Å²) in [5, 5.41) is 6.01. The second-order valence-corrected chi connectivity index (χ2v) is 9.28. The van der Waals surface area contributed by atoms with Crippen molar-refractivity contribution in [1.29, 1.82) is 0 Å². The summed E-state index contributed by atoms with van der Waals surface area (Å²) >= 11 is 0. The molecule has 6 nitrogen and oxygen atoms in total. The lowest BCUT2D eigenvalue weighted by molar-refractivity contribution is -0.125. The molecule has 1 unspecified atom stereocenters. The molecule has 26 heavy (non-hydrogen) atoms. The van der Waals surface area contributed by atoms with Crippen LogP contribution in [0.2, 0.25) is 0 Å². The van der Waals surface area contributed by atoms with Gasteiger partial charge < -0.3 is 15.4 Å². The van der Waals surface area contributed by atoms with Crippen LogP contribution in [-0.2, 0) is 14.6 Å². The monoisotopic (exact) mass is 404 g/mol. The predicted octanol–water partition coefficient (Wildman–Crippen LogP) is 2.24. The number of nitrogens with one attached hydrogen (secondary N) is 2. The van der Waals surface area contributed by atoms with Crippen LogP contribution < -0.4 is 15.4 Å². The third-order valence-corrected chi connectivity index (χ3v) is 6.63. The molecule has 0 aliphatic carbocycles. The van der Waals surface area contributed by atoms with Crippen LogP contribution in [0.1, 0.15) is 45.2 Å². The first-order chi connectivity index (χ1) is 11.7. The van der Waals surface area contributed by atoms with Gasteiger partial charge in [0.1, 0.15) is 5.75 Å². The van der Waals surface area contributed by atoms with Gasteiger partial charge in [0.15, 0.2) is 14.6 Å². The SMILES string of the molecule is CC(C)Oc1cccc(C(C)NC(=O)C2(S(C)(=O)=O)CCNCC2)c1.Cl. The summed E-state index contributed by atoms with van der Waals surface area (Å²) in [6, 6.07) is 7.19. The maximum atomic E-state index is 12.9. The lowest BCUT2D eigenvalue weighted by Gasteiger charge is -2.35. The summed E-state index contributed by atoms with van der Waals surface area (Å²) in [4.78, 5) is 12.9. The minimum atomic E-state index is -3.52. The molecule has 1 amide bonds. The Balaban J connectivity index is 0.00000338. The molecule has 1 saturated heterocycles. The molecular formula is C18H29ClN2O4S. The molecule has 0 radical (unpaired) electrons. The highest BCUT2D eigenvalue weighted by Crippen LogP contribution is 2.29. The number of hydrogen-bond donors (Lipinski definition) is 2. The molecule has 1 fully saturated rings. The third kappa shape index (κ3) is 5.11. The molecule has 2 rings (SSSR count). The van der Waals surface area contributed by atoms with E-state index in [4.69, 9.17) is 4.74 Å². The Hall–Kier alpha value is -1.31. The summed E-state index contributed by atoms with van der Waals surface area (Å²) in [6.45, 7) is 6.79. The highest BCUT2D eigenvalue weighted by atomic mass is 35.5. The van der Waals surface area contributed by atoms with Gasteiger partial charge in [-0.25, -0.2) is 8.42 Å². The van der Waals surface area contributed by atoms with Gasteiger partial charge in [-0.15, -0.1) is 12.4 Å². The smallest absolute Gasteiger partial charge is 0.242 e. The molecule has 1 aromatic rings. The summed E-state index contributed by atoms with van der Waals surface area (Å²) < 4.78 is 29.0. The van der Waals surface area contributed by atoms with Crippen LogP contribution in [0.3, 0.4) is 0 Å². The molecule has 0 saturated carbocycles. The van der Waals surface area contributed by atoms with E-state index in [0.717, 1.165) is 17.6 Å². The van der Waals surface area contributed by atoms with Crippen LogP contribution in [0, 0.1) is 0 Å². The van der Waals surface area contributed by atoms with E-state index in [0.29, 0.717) is 25.9 Å². The molecule has 0 aromatic heterocycles. The molecule has 1 aliphatic rings. The quantitative estimate of drug-likeness (QED) is 0.759. The zero-order valence-electron chi connectivity index (χ0n) is 15.7. The minimum Gasteiger partial charge on any atom is -0.491 e. The predicted molar refractivity (Wildman–Crippen MR) is 106 cm³/mol. The standard InChI is InChI=1S/C18H28N2O4S.ClH/c1-13(2)24-16-7-5-6-15(12-16)14(3)20-17(21)18(25(4,22)23)8-10-19-11-9-18;/h5-7,12-14,19H,8-11H2,1-4H3,(H,20,21);1H.